The maximum Gasteiger partial charge on any atom is 0.253 e. The number of fused-ring (bicyclic) bond motifs is 1. The molecule has 1 fully saturated rings. The molecule has 1 aliphatic carbocycles. The van der Waals surface area contributed by atoms with Crippen LogP contribution in [0.4, 0.5) is 0 Å². The molecular weight excluding hydrogens is 444 g/mol. The molecule has 5 rings (SSSR count). The lowest BCUT2D eigenvalue weighted by atomic mass is 9.92. The van der Waals surface area contributed by atoms with E-state index in [1.807, 2.05) is 29.1 Å². The van der Waals surface area contributed by atoms with Crippen molar-refractivity contribution in [2.45, 2.75) is 54.9 Å². The first-order valence-corrected chi connectivity index (χ1v) is 13.3. The number of nitrogens with one attached hydrogen (secondary N) is 1. The van der Waals surface area contributed by atoms with Crippen molar-refractivity contribution in [1.29, 1.82) is 0 Å². The van der Waals surface area contributed by atoms with Gasteiger partial charge in [-0.05, 0) is 49.1 Å². The van der Waals surface area contributed by atoms with Gasteiger partial charge in [-0.1, -0.05) is 36.4 Å². The van der Waals surface area contributed by atoms with Crippen molar-refractivity contribution in [3.63, 3.8) is 0 Å². The second-order valence-corrected chi connectivity index (χ2v) is 11.4. The minimum Gasteiger partial charge on any atom is -0.348 e. The summed E-state index contributed by atoms with van der Waals surface area (Å²) in [5.41, 5.74) is 3.39. The van der Waals surface area contributed by atoms with E-state index in [2.05, 4.69) is 22.5 Å². The normalized spacial score (nSPS) is 21.4. The molecule has 3 aromatic rings. The van der Waals surface area contributed by atoms with Crippen LogP contribution in [0.3, 0.4) is 0 Å². The smallest absolute Gasteiger partial charge is 0.253 e. The molecule has 32 heavy (non-hydrogen) atoms. The molecule has 0 radical (unpaired) electrons. The summed E-state index contributed by atoms with van der Waals surface area (Å²) in [4.78, 5) is 13.2. The number of hydrogen-bond acceptors (Lipinski definition) is 5. The number of thiophene rings is 1. The van der Waals surface area contributed by atoms with Crippen molar-refractivity contribution < 1.29 is 13.2 Å². The van der Waals surface area contributed by atoms with Gasteiger partial charge >= 0.3 is 0 Å². The number of rotatable bonds is 6. The maximum absolute atomic E-state index is 13.2. The number of nitrogens with zero attached hydrogens (tertiary/aromatic N) is 3. The molecule has 1 amide bonds. The minimum absolute atomic E-state index is 0.136. The fourth-order valence-electron chi connectivity index (χ4n) is 4.74. The van der Waals surface area contributed by atoms with Crippen LogP contribution in [0.1, 0.15) is 48.5 Å². The summed E-state index contributed by atoms with van der Waals surface area (Å²) in [5.74, 6) is -0.212. The Morgan fingerprint density at radius 2 is 1.97 bits per heavy atom. The van der Waals surface area contributed by atoms with Gasteiger partial charge in [0, 0.05) is 17.8 Å². The van der Waals surface area contributed by atoms with E-state index in [-0.39, 0.29) is 11.9 Å². The Morgan fingerprint density at radius 1 is 1.12 bits per heavy atom. The standard InChI is InChI=1S/C23H26N4O3S2/c28-23(21-11-5-13-27(21)32(29,30)22-12-6-14-31-22)25-19-9-4-10-20-18(19)15-24-26(20)16-17-7-2-1-3-8-17/h1-3,6-8,12,14-15,19,21H,4-5,9-11,13,16H2,(H,25,28). The van der Waals surface area contributed by atoms with Gasteiger partial charge in [0.25, 0.3) is 10.0 Å². The van der Waals surface area contributed by atoms with Gasteiger partial charge in [-0.25, -0.2) is 8.42 Å². The van der Waals surface area contributed by atoms with E-state index in [0.717, 1.165) is 30.5 Å². The zero-order chi connectivity index (χ0) is 22.1. The quantitative estimate of drug-likeness (QED) is 0.599. The van der Waals surface area contributed by atoms with Gasteiger partial charge in [0.05, 0.1) is 18.8 Å². The Labute approximate surface area is 192 Å². The summed E-state index contributed by atoms with van der Waals surface area (Å²) in [6, 6.07) is 12.7. The van der Waals surface area contributed by atoms with Crippen LogP contribution in [-0.2, 0) is 27.8 Å². The molecule has 2 aromatic heterocycles. The fourth-order valence-corrected chi connectivity index (χ4v) is 7.52. The fraction of sp³-hybridized carbons (Fsp3) is 0.391. The number of carbonyl (C=O) groups is 1. The van der Waals surface area contributed by atoms with Crippen molar-refractivity contribution in [3.05, 3.63) is 70.9 Å². The van der Waals surface area contributed by atoms with Crippen LogP contribution in [-0.4, -0.2) is 41.0 Å². The van der Waals surface area contributed by atoms with Crippen molar-refractivity contribution in [1.82, 2.24) is 19.4 Å². The second kappa shape index (κ2) is 8.80. The van der Waals surface area contributed by atoms with Gasteiger partial charge in [0.15, 0.2) is 0 Å². The molecule has 168 valence electrons. The van der Waals surface area contributed by atoms with E-state index in [1.54, 1.807) is 17.5 Å². The molecule has 3 heterocycles. The lowest BCUT2D eigenvalue weighted by Crippen LogP contribution is -2.47. The summed E-state index contributed by atoms with van der Waals surface area (Å²) in [5, 5.41) is 9.49. The highest BCUT2D eigenvalue weighted by Gasteiger charge is 2.41. The first kappa shape index (κ1) is 21.4. The number of carbonyl (C=O) groups excluding carboxylic acids is 1. The van der Waals surface area contributed by atoms with Gasteiger partial charge in [0.2, 0.25) is 5.91 Å². The topological polar surface area (TPSA) is 84.3 Å². The molecule has 1 aliphatic heterocycles. The molecule has 1 saturated heterocycles. The van der Waals surface area contributed by atoms with Crippen molar-refractivity contribution in [3.8, 4) is 0 Å². The first-order chi connectivity index (χ1) is 15.5. The van der Waals surface area contributed by atoms with Crippen LogP contribution < -0.4 is 5.32 Å². The molecule has 9 heteroatoms. The first-order valence-electron chi connectivity index (χ1n) is 11.0. The lowest BCUT2D eigenvalue weighted by molar-refractivity contribution is -0.125. The zero-order valence-electron chi connectivity index (χ0n) is 17.7. The van der Waals surface area contributed by atoms with Crippen LogP contribution in [0.15, 0.2) is 58.3 Å². The number of sulfonamides is 1. The lowest BCUT2D eigenvalue weighted by Gasteiger charge is -2.28. The molecule has 2 unspecified atom stereocenters. The molecule has 1 aromatic carbocycles. The number of hydrogen-bond donors (Lipinski definition) is 1. The average molecular weight is 471 g/mol. The van der Waals surface area contributed by atoms with Gasteiger partial charge in [0.1, 0.15) is 10.3 Å². The molecule has 2 atom stereocenters. The van der Waals surface area contributed by atoms with Gasteiger partial charge < -0.3 is 5.32 Å². The van der Waals surface area contributed by atoms with E-state index >= 15 is 0 Å². The minimum atomic E-state index is -3.65. The highest BCUT2D eigenvalue weighted by molar-refractivity contribution is 7.91. The summed E-state index contributed by atoms with van der Waals surface area (Å²) in [6.07, 6.45) is 5.81. The third kappa shape index (κ3) is 4.00. The van der Waals surface area contributed by atoms with E-state index in [0.29, 0.717) is 30.1 Å². The van der Waals surface area contributed by atoms with E-state index in [4.69, 9.17) is 0 Å². The Hall–Kier alpha value is -2.49. The monoisotopic (exact) mass is 470 g/mol. The maximum atomic E-state index is 13.2. The summed E-state index contributed by atoms with van der Waals surface area (Å²) >= 11 is 1.19. The predicted molar refractivity (Wildman–Crippen MR) is 123 cm³/mol. The van der Waals surface area contributed by atoms with Gasteiger partial charge in [-0.3, -0.25) is 9.48 Å². The SMILES string of the molecule is O=C(NC1CCCc2c1cnn2Cc1ccccc1)C1CCCN1S(=O)(=O)c1cccs1. The van der Waals surface area contributed by atoms with E-state index in [1.165, 1.54) is 21.2 Å². The Bertz CT molecular complexity index is 1190. The number of amides is 1. The largest absolute Gasteiger partial charge is 0.348 e. The Morgan fingerprint density at radius 3 is 2.75 bits per heavy atom. The highest BCUT2D eigenvalue weighted by atomic mass is 32.2. The van der Waals surface area contributed by atoms with Crippen LogP contribution in [0.5, 0.6) is 0 Å². The molecule has 2 aliphatic rings. The van der Waals surface area contributed by atoms with Crippen LogP contribution in [0.2, 0.25) is 0 Å². The third-order valence-corrected chi connectivity index (χ3v) is 9.60. The van der Waals surface area contributed by atoms with Gasteiger partial charge in [-0.2, -0.15) is 9.40 Å². The molecule has 7 nitrogen and oxygen atoms in total. The molecule has 1 N–H and O–H groups in total. The Kier molecular flexibility index (Phi) is 5.88. The summed E-state index contributed by atoms with van der Waals surface area (Å²) in [6.45, 7) is 1.08. The molecular formula is C23H26N4O3S2. The van der Waals surface area contributed by atoms with Crippen LogP contribution in [0, 0.1) is 0 Å². The van der Waals surface area contributed by atoms with E-state index in [9.17, 15) is 13.2 Å². The third-order valence-electron chi connectivity index (χ3n) is 6.32. The Balaban J connectivity index is 1.33. The van der Waals surface area contributed by atoms with Crippen molar-refractivity contribution in [2.24, 2.45) is 0 Å². The molecule has 0 bridgehead atoms. The number of benzene rings is 1. The van der Waals surface area contributed by atoms with Crippen LogP contribution >= 0.6 is 11.3 Å². The predicted octanol–water partition coefficient (Wildman–Crippen LogP) is 3.34. The summed E-state index contributed by atoms with van der Waals surface area (Å²) < 4.78 is 29.7. The van der Waals surface area contributed by atoms with Crippen molar-refractivity contribution in [2.75, 3.05) is 6.54 Å². The second-order valence-electron chi connectivity index (χ2n) is 8.35. The van der Waals surface area contributed by atoms with E-state index < -0.39 is 16.1 Å². The summed E-state index contributed by atoms with van der Waals surface area (Å²) in [7, 11) is -3.65. The highest BCUT2D eigenvalue weighted by Crippen LogP contribution is 2.32. The number of aromatic nitrogens is 2. The zero-order valence-corrected chi connectivity index (χ0v) is 19.3. The molecule has 0 spiro atoms. The molecule has 0 saturated carbocycles. The van der Waals surface area contributed by atoms with Crippen LogP contribution in [0.25, 0.3) is 0 Å². The van der Waals surface area contributed by atoms with Gasteiger partial charge in [-0.15, -0.1) is 11.3 Å². The average Bonchev–Trinajstić information content (AvgIpc) is 3.56. The van der Waals surface area contributed by atoms with Crippen molar-refractivity contribution >= 4 is 27.3 Å².